The highest BCUT2D eigenvalue weighted by Crippen LogP contribution is 2.43. The first-order valence-electron chi connectivity index (χ1n) is 13.3. The molecule has 0 aromatic heterocycles. The summed E-state index contributed by atoms with van der Waals surface area (Å²) in [6, 6.07) is 31.0. The number of aliphatic hydroxyl groups is 1. The molecule has 9 heteroatoms. The number of thioether (sulfide) groups is 1. The first kappa shape index (κ1) is 29.2. The Bertz CT molecular complexity index is 1530. The SMILES string of the molecule is COc1ccccc1SC[C@H]1O[C@@H](c2ccc(NS(=O)(=O)c3ccccc3)cc2)O[C@@H](c2ccc(CO)cc2)[C@H]1C. The molecular weight excluding hydrogens is 558 g/mol. The van der Waals surface area contributed by atoms with Gasteiger partial charge in [-0.2, -0.15) is 0 Å². The Balaban J connectivity index is 1.37. The van der Waals surface area contributed by atoms with Crippen LogP contribution >= 0.6 is 11.8 Å². The molecule has 1 aliphatic heterocycles. The van der Waals surface area contributed by atoms with Gasteiger partial charge in [-0.05, 0) is 47.5 Å². The molecule has 0 amide bonds. The van der Waals surface area contributed by atoms with Crippen LogP contribution in [0.15, 0.2) is 113 Å². The Morgan fingerprint density at radius 3 is 2.20 bits per heavy atom. The van der Waals surface area contributed by atoms with Crippen molar-refractivity contribution in [2.75, 3.05) is 17.6 Å². The normalized spacial score (nSPS) is 20.9. The third-order valence-corrected chi connectivity index (χ3v) is 9.62. The van der Waals surface area contributed by atoms with Crippen LogP contribution in [0, 0.1) is 5.92 Å². The molecule has 1 aliphatic rings. The van der Waals surface area contributed by atoms with Gasteiger partial charge in [0.2, 0.25) is 0 Å². The van der Waals surface area contributed by atoms with Crippen molar-refractivity contribution in [3.8, 4) is 5.75 Å². The van der Waals surface area contributed by atoms with Gasteiger partial charge in [0.05, 0.1) is 30.8 Å². The number of sulfonamides is 1. The third kappa shape index (κ3) is 6.94. The number of hydrogen-bond donors (Lipinski definition) is 2. The quantitative estimate of drug-likeness (QED) is 0.201. The number of benzene rings is 4. The highest BCUT2D eigenvalue weighted by atomic mass is 32.2. The molecule has 0 spiro atoms. The van der Waals surface area contributed by atoms with Crippen LogP contribution in [0.1, 0.15) is 36.0 Å². The average Bonchev–Trinajstić information content (AvgIpc) is 3.01. The summed E-state index contributed by atoms with van der Waals surface area (Å²) in [6.07, 6.45) is -1.06. The van der Waals surface area contributed by atoms with E-state index in [2.05, 4.69) is 11.6 Å². The molecule has 0 aliphatic carbocycles. The van der Waals surface area contributed by atoms with Crippen LogP contribution in [0.2, 0.25) is 0 Å². The number of anilines is 1. The van der Waals surface area contributed by atoms with Crippen molar-refractivity contribution < 1.29 is 27.7 Å². The molecule has 4 aromatic carbocycles. The predicted molar refractivity (Wildman–Crippen MR) is 160 cm³/mol. The highest BCUT2D eigenvalue weighted by Gasteiger charge is 2.38. The van der Waals surface area contributed by atoms with Gasteiger partial charge in [0, 0.05) is 27.8 Å². The Morgan fingerprint density at radius 2 is 1.51 bits per heavy atom. The topological polar surface area (TPSA) is 94.1 Å². The van der Waals surface area contributed by atoms with Crippen LogP contribution < -0.4 is 9.46 Å². The number of rotatable bonds is 10. The lowest BCUT2D eigenvalue weighted by atomic mass is 9.91. The largest absolute Gasteiger partial charge is 0.496 e. The number of nitrogens with one attached hydrogen (secondary N) is 1. The average molecular weight is 592 g/mol. The molecule has 5 rings (SSSR count). The van der Waals surface area contributed by atoms with E-state index in [1.807, 2.05) is 60.7 Å². The molecule has 0 radical (unpaired) electrons. The Kier molecular flexibility index (Phi) is 9.32. The monoisotopic (exact) mass is 591 g/mol. The van der Waals surface area contributed by atoms with Crippen molar-refractivity contribution in [3.63, 3.8) is 0 Å². The maximum absolute atomic E-state index is 12.8. The lowest BCUT2D eigenvalue weighted by molar-refractivity contribution is -0.268. The van der Waals surface area contributed by atoms with E-state index in [1.165, 1.54) is 0 Å². The minimum Gasteiger partial charge on any atom is -0.496 e. The number of para-hydroxylation sites is 1. The van der Waals surface area contributed by atoms with Crippen molar-refractivity contribution >= 4 is 27.5 Å². The van der Waals surface area contributed by atoms with E-state index >= 15 is 0 Å². The fourth-order valence-corrected chi connectivity index (χ4v) is 7.02. The first-order chi connectivity index (χ1) is 19.9. The number of hydrogen-bond acceptors (Lipinski definition) is 7. The highest BCUT2D eigenvalue weighted by molar-refractivity contribution is 7.99. The second-order valence-electron chi connectivity index (χ2n) is 9.82. The molecule has 0 saturated carbocycles. The predicted octanol–water partition coefficient (Wildman–Crippen LogP) is 6.57. The van der Waals surface area contributed by atoms with E-state index in [-0.39, 0.29) is 29.6 Å². The Hall–Kier alpha value is -3.34. The molecular formula is C32H33NO6S2. The van der Waals surface area contributed by atoms with Crippen molar-refractivity contribution in [2.24, 2.45) is 5.92 Å². The summed E-state index contributed by atoms with van der Waals surface area (Å²) < 4.78 is 46.7. The van der Waals surface area contributed by atoms with Crippen LogP contribution in [-0.4, -0.2) is 32.5 Å². The molecule has 2 N–H and O–H groups in total. The first-order valence-corrected chi connectivity index (χ1v) is 15.8. The summed E-state index contributed by atoms with van der Waals surface area (Å²) in [7, 11) is -2.04. The lowest BCUT2D eigenvalue weighted by Crippen LogP contribution is -2.38. The Morgan fingerprint density at radius 1 is 0.854 bits per heavy atom. The summed E-state index contributed by atoms with van der Waals surface area (Å²) in [5.41, 5.74) is 3.06. The van der Waals surface area contributed by atoms with Gasteiger partial charge in [-0.15, -0.1) is 11.8 Å². The second-order valence-corrected chi connectivity index (χ2v) is 12.6. The van der Waals surface area contributed by atoms with Gasteiger partial charge in [0.25, 0.3) is 10.0 Å². The standard InChI is InChI=1S/C32H33NO6S2/c1-22-29(21-40-30-11-7-6-10-28(30)37-2)38-32(39-31(22)24-14-12-23(20-34)13-15-24)25-16-18-26(19-17-25)33-41(35,36)27-8-4-3-5-9-27/h3-19,22,29,31-34H,20-21H2,1-2H3/t22-,29+,31+,32+/m0/s1. The summed E-state index contributed by atoms with van der Waals surface area (Å²) in [5.74, 6) is 1.53. The maximum Gasteiger partial charge on any atom is 0.261 e. The van der Waals surface area contributed by atoms with E-state index in [4.69, 9.17) is 14.2 Å². The van der Waals surface area contributed by atoms with Crippen molar-refractivity contribution in [3.05, 3.63) is 120 Å². The number of ether oxygens (including phenoxy) is 3. The molecule has 0 bridgehead atoms. The van der Waals surface area contributed by atoms with Gasteiger partial charge in [-0.3, -0.25) is 4.72 Å². The molecule has 4 atom stereocenters. The smallest absolute Gasteiger partial charge is 0.261 e. The zero-order chi connectivity index (χ0) is 28.8. The molecule has 1 saturated heterocycles. The van der Waals surface area contributed by atoms with Crippen molar-refractivity contribution in [2.45, 2.75) is 41.8 Å². The summed E-state index contributed by atoms with van der Waals surface area (Å²) in [6.45, 7) is 2.10. The zero-order valence-corrected chi connectivity index (χ0v) is 24.5. The lowest BCUT2D eigenvalue weighted by Gasteiger charge is -2.41. The van der Waals surface area contributed by atoms with Gasteiger partial charge in [0.1, 0.15) is 5.75 Å². The maximum atomic E-state index is 12.8. The van der Waals surface area contributed by atoms with Gasteiger partial charge >= 0.3 is 0 Å². The van der Waals surface area contributed by atoms with Crippen molar-refractivity contribution in [1.29, 1.82) is 0 Å². The third-order valence-electron chi connectivity index (χ3n) is 7.08. The molecule has 1 fully saturated rings. The minimum absolute atomic E-state index is 0.0222. The molecule has 214 valence electrons. The minimum atomic E-state index is -3.70. The molecule has 4 aromatic rings. The number of methoxy groups -OCH3 is 1. The molecule has 7 nitrogen and oxygen atoms in total. The van der Waals surface area contributed by atoms with Crippen LogP contribution in [0.3, 0.4) is 0 Å². The van der Waals surface area contributed by atoms with E-state index in [9.17, 15) is 13.5 Å². The molecule has 1 heterocycles. The zero-order valence-electron chi connectivity index (χ0n) is 22.8. The fourth-order valence-electron chi connectivity index (χ4n) is 4.74. The van der Waals surface area contributed by atoms with Crippen LogP contribution in [-0.2, 0) is 26.1 Å². The summed E-state index contributed by atoms with van der Waals surface area (Å²) in [5, 5.41) is 9.50. The van der Waals surface area contributed by atoms with E-state index < -0.39 is 16.3 Å². The van der Waals surface area contributed by atoms with Crippen LogP contribution in [0.25, 0.3) is 0 Å². The molecule has 41 heavy (non-hydrogen) atoms. The van der Waals surface area contributed by atoms with Crippen LogP contribution in [0.5, 0.6) is 5.75 Å². The Labute approximate surface area is 245 Å². The van der Waals surface area contributed by atoms with Gasteiger partial charge < -0.3 is 19.3 Å². The number of aliphatic hydroxyl groups excluding tert-OH is 1. The summed E-state index contributed by atoms with van der Waals surface area (Å²) in [4.78, 5) is 1.23. The van der Waals surface area contributed by atoms with E-state index in [1.54, 1.807) is 61.3 Å². The van der Waals surface area contributed by atoms with Crippen molar-refractivity contribution in [1.82, 2.24) is 0 Å². The van der Waals surface area contributed by atoms with Gasteiger partial charge in [-0.25, -0.2) is 8.42 Å². The van der Waals surface area contributed by atoms with E-state index in [0.717, 1.165) is 27.3 Å². The summed E-state index contributed by atoms with van der Waals surface area (Å²) >= 11 is 1.67. The van der Waals surface area contributed by atoms with E-state index in [0.29, 0.717) is 11.4 Å². The van der Waals surface area contributed by atoms with Gasteiger partial charge in [0.15, 0.2) is 6.29 Å². The van der Waals surface area contributed by atoms with Crippen LogP contribution in [0.4, 0.5) is 5.69 Å². The second kappa shape index (κ2) is 13.1. The van der Waals surface area contributed by atoms with Gasteiger partial charge in [-0.1, -0.05) is 73.7 Å². The fraction of sp³-hybridized carbons (Fsp3) is 0.250. The molecule has 0 unspecified atom stereocenters.